The summed E-state index contributed by atoms with van der Waals surface area (Å²) in [6.07, 6.45) is -0.485. The number of ether oxygens (including phenoxy) is 1. The lowest BCUT2D eigenvalue weighted by atomic mass is 10.00. The summed E-state index contributed by atoms with van der Waals surface area (Å²) >= 11 is 3.57. The second-order valence-corrected chi connectivity index (χ2v) is 4.12. The molecule has 0 radical (unpaired) electrons. The predicted molar refractivity (Wildman–Crippen MR) is 59.2 cm³/mol. The van der Waals surface area contributed by atoms with E-state index in [0.29, 0.717) is 13.2 Å². The summed E-state index contributed by atoms with van der Waals surface area (Å²) in [6, 6.07) is 0. The molecule has 1 saturated heterocycles. The second kappa shape index (κ2) is 4.69. The van der Waals surface area contributed by atoms with E-state index in [9.17, 15) is 5.11 Å². The summed E-state index contributed by atoms with van der Waals surface area (Å²) in [5.41, 5.74) is -0.902. The van der Waals surface area contributed by atoms with Crippen molar-refractivity contribution in [3.63, 3.8) is 0 Å². The van der Waals surface area contributed by atoms with Gasteiger partial charge in [-0.2, -0.15) is 0 Å². The Morgan fingerprint density at radius 2 is 2.33 bits per heavy atom. The van der Waals surface area contributed by atoms with Crippen molar-refractivity contribution in [2.75, 3.05) is 13.2 Å². The van der Waals surface area contributed by atoms with Crippen molar-refractivity contribution in [1.82, 2.24) is 0 Å². The second-order valence-electron chi connectivity index (χ2n) is 2.99. The van der Waals surface area contributed by atoms with Gasteiger partial charge in [0.25, 0.3) is 0 Å². The topological polar surface area (TPSA) is 47.9 Å². The largest absolute Gasteiger partial charge is 0.385 e. The van der Waals surface area contributed by atoms with Crippen molar-refractivity contribution >= 4 is 46.0 Å². The third-order valence-electron chi connectivity index (χ3n) is 1.86. The Labute approximate surface area is 99.3 Å². The zero-order chi connectivity index (χ0) is 9.19. The predicted octanol–water partition coefficient (Wildman–Crippen LogP) is 1.24. The van der Waals surface area contributed by atoms with Gasteiger partial charge >= 0.3 is 0 Å². The Morgan fingerprint density at radius 3 is 2.83 bits per heavy atom. The standard InChI is InChI=1S/C6H10I2O4/c1-6(9)3-10-4(2-11-7)5(6)12-8/h4-5,9H,2-3H2,1H3/t4-,5-,6+/m1/s1. The Morgan fingerprint density at radius 1 is 1.67 bits per heavy atom. The first-order chi connectivity index (χ1) is 5.61. The molecule has 1 heterocycles. The highest BCUT2D eigenvalue weighted by Crippen LogP contribution is 2.29. The van der Waals surface area contributed by atoms with E-state index in [-0.39, 0.29) is 12.2 Å². The van der Waals surface area contributed by atoms with Gasteiger partial charge in [-0.05, 0) is 6.92 Å². The summed E-state index contributed by atoms with van der Waals surface area (Å²) in [7, 11) is 0. The molecule has 0 unspecified atom stereocenters. The van der Waals surface area contributed by atoms with Crippen LogP contribution in [0.5, 0.6) is 0 Å². The van der Waals surface area contributed by atoms with Crippen LogP contribution in [0, 0.1) is 0 Å². The lowest BCUT2D eigenvalue weighted by Crippen LogP contribution is -2.42. The normalized spacial score (nSPS) is 42.0. The van der Waals surface area contributed by atoms with Crippen LogP contribution in [-0.2, 0) is 10.9 Å². The van der Waals surface area contributed by atoms with Crippen LogP contribution in [0.4, 0.5) is 0 Å². The zero-order valence-corrected chi connectivity index (χ0v) is 10.8. The molecule has 0 aliphatic carbocycles. The van der Waals surface area contributed by atoms with Gasteiger partial charge in [0.2, 0.25) is 0 Å². The van der Waals surface area contributed by atoms with E-state index < -0.39 is 5.60 Å². The van der Waals surface area contributed by atoms with Crippen molar-refractivity contribution in [2.45, 2.75) is 24.7 Å². The molecule has 1 aliphatic heterocycles. The molecule has 1 aliphatic rings. The molecule has 0 spiro atoms. The summed E-state index contributed by atoms with van der Waals surface area (Å²) in [5, 5.41) is 9.74. The molecule has 0 saturated carbocycles. The minimum atomic E-state index is -0.902. The Bertz CT molecular complexity index is 152. The van der Waals surface area contributed by atoms with Gasteiger partial charge in [0.1, 0.15) is 63.8 Å². The third kappa shape index (κ3) is 2.41. The molecule has 3 atom stereocenters. The first-order valence-electron chi connectivity index (χ1n) is 3.46. The van der Waals surface area contributed by atoms with E-state index in [1.807, 2.05) is 0 Å². The molecule has 1 N–H and O–H groups in total. The van der Waals surface area contributed by atoms with Crippen LogP contribution in [0.1, 0.15) is 6.92 Å². The number of halogens is 2. The third-order valence-corrected chi connectivity index (χ3v) is 2.77. The van der Waals surface area contributed by atoms with Crippen LogP contribution in [0.2, 0.25) is 0 Å². The van der Waals surface area contributed by atoms with E-state index in [0.717, 1.165) is 0 Å². The highest BCUT2D eigenvalue weighted by atomic mass is 127. The molecule has 1 rings (SSSR count). The molecular formula is C6H10I2O4. The van der Waals surface area contributed by atoms with Gasteiger partial charge < -0.3 is 16.0 Å². The lowest BCUT2D eigenvalue weighted by molar-refractivity contribution is -0.00532. The molecule has 6 heteroatoms. The fraction of sp³-hybridized carbons (Fsp3) is 1.00. The monoisotopic (exact) mass is 400 g/mol. The van der Waals surface area contributed by atoms with Crippen molar-refractivity contribution in [1.29, 1.82) is 0 Å². The van der Waals surface area contributed by atoms with Crippen molar-refractivity contribution in [3.05, 3.63) is 0 Å². The number of aliphatic hydroxyl groups is 1. The van der Waals surface area contributed by atoms with Crippen molar-refractivity contribution in [3.8, 4) is 0 Å². The summed E-state index contributed by atoms with van der Waals surface area (Å²) in [5.74, 6) is 0. The highest BCUT2D eigenvalue weighted by Gasteiger charge is 2.46. The molecule has 72 valence electrons. The van der Waals surface area contributed by atoms with Crippen molar-refractivity contribution in [2.24, 2.45) is 0 Å². The molecule has 12 heavy (non-hydrogen) atoms. The van der Waals surface area contributed by atoms with Crippen LogP contribution < -0.4 is 0 Å². The van der Waals surface area contributed by atoms with E-state index in [1.54, 1.807) is 52.9 Å². The Balaban J connectivity index is 2.56. The summed E-state index contributed by atoms with van der Waals surface area (Å²) < 4.78 is 15.3. The zero-order valence-electron chi connectivity index (χ0n) is 6.50. The van der Waals surface area contributed by atoms with Crippen LogP contribution in [-0.4, -0.2) is 36.1 Å². The maximum atomic E-state index is 9.74. The van der Waals surface area contributed by atoms with Gasteiger partial charge in [0.15, 0.2) is 0 Å². The van der Waals surface area contributed by atoms with Crippen LogP contribution >= 0.6 is 46.0 Å². The number of hydrogen-bond donors (Lipinski definition) is 1. The minimum absolute atomic E-state index is 0.172. The van der Waals surface area contributed by atoms with Crippen molar-refractivity contribution < 1.29 is 16.0 Å². The van der Waals surface area contributed by atoms with E-state index in [4.69, 9.17) is 10.9 Å². The molecule has 0 aromatic rings. The van der Waals surface area contributed by atoms with E-state index in [2.05, 4.69) is 0 Å². The Kier molecular flexibility index (Phi) is 4.45. The number of hydrogen-bond acceptors (Lipinski definition) is 4. The fourth-order valence-electron chi connectivity index (χ4n) is 1.20. The highest BCUT2D eigenvalue weighted by molar-refractivity contribution is 14.1. The van der Waals surface area contributed by atoms with Gasteiger partial charge in [0.05, 0.1) is 13.2 Å². The van der Waals surface area contributed by atoms with Gasteiger partial charge in [0, 0.05) is 0 Å². The van der Waals surface area contributed by atoms with E-state index >= 15 is 0 Å². The van der Waals surface area contributed by atoms with Gasteiger partial charge in [-0.3, -0.25) is 0 Å². The van der Waals surface area contributed by atoms with Gasteiger partial charge in [-0.25, -0.2) is 0 Å². The first-order valence-corrected chi connectivity index (χ1v) is 5.23. The van der Waals surface area contributed by atoms with Gasteiger partial charge in [-0.1, -0.05) is 0 Å². The quantitative estimate of drug-likeness (QED) is 0.725. The fourth-order valence-corrected chi connectivity index (χ4v) is 2.43. The lowest BCUT2D eigenvalue weighted by Gasteiger charge is -2.23. The number of rotatable bonds is 3. The summed E-state index contributed by atoms with van der Waals surface area (Å²) in [6.45, 7) is 2.43. The maximum absolute atomic E-state index is 9.74. The average Bonchev–Trinajstić information content (AvgIpc) is 2.27. The molecule has 0 aromatic heterocycles. The smallest absolute Gasteiger partial charge is 0.129 e. The molecule has 0 aromatic carbocycles. The Hall–Kier alpha value is 1.30. The van der Waals surface area contributed by atoms with Crippen LogP contribution in [0.15, 0.2) is 0 Å². The van der Waals surface area contributed by atoms with E-state index in [1.165, 1.54) is 0 Å². The van der Waals surface area contributed by atoms with Crippen LogP contribution in [0.25, 0.3) is 0 Å². The molecule has 4 nitrogen and oxygen atoms in total. The molecule has 1 fully saturated rings. The van der Waals surface area contributed by atoms with Crippen LogP contribution in [0.3, 0.4) is 0 Å². The average molecular weight is 400 g/mol. The molecule has 0 bridgehead atoms. The maximum Gasteiger partial charge on any atom is 0.129 e. The molecule has 0 amide bonds. The minimum Gasteiger partial charge on any atom is -0.385 e. The summed E-state index contributed by atoms with van der Waals surface area (Å²) in [4.78, 5) is 0. The SMILES string of the molecule is C[C@]1(O)CO[C@H](COI)[C@H]1OI. The molecular weight excluding hydrogens is 390 g/mol. The first kappa shape index (κ1) is 11.4. The van der Waals surface area contributed by atoms with Gasteiger partial charge in [-0.15, -0.1) is 0 Å².